The van der Waals surface area contributed by atoms with Gasteiger partial charge >= 0.3 is 0 Å². The van der Waals surface area contributed by atoms with Crippen LogP contribution in [0.2, 0.25) is 0 Å². The molecule has 29 heavy (non-hydrogen) atoms. The average molecular weight is 387 g/mol. The van der Waals surface area contributed by atoms with Crippen LogP contribution >= 0.6 is 0 Å². The van der Waals surface area contributed by atoms with Gasteiger partial charge in [-0.25, -0.2) is 0 Å². The number of carbonyl (C=O) groups excluding carboxylic acids is 2. The maximum Gasteiger partial charge on any atom is 0.299 e. The van der Waals surface area contributed by atoms with E-state index in [1.165, 1.54) is 21.8 Å². The van der Waals surface area contributed by atoms with E-state index in [1.54, 1.807) is 18.2 Å². The molecule has 3 aliphatic rings. The number of hydrazone groups is 1. The van der Waals surface area contributed by atoms with Gasteiger partial charge in [0.2, 0.25) is 0 Å². The van der Waals surface area contributed by atoms with E-state index in [2.05, 4.69) is 22.1 Å². The molecule has 0 bridgehead atoms. The molecule has 0 saturated carbocycles. The van der Waals surface area contributed by atoms with Crippen LogP contribution in [0.4, 0.5) is 11.4 Å². The van der Waals surface area contributed by atoms with Crippen LogP contribution in [-0.2, 0) is 27.2 Å². The minimum absolute atomic E-state index is 0.0295. The molecule has 0 aliphatic carbocycles. The van der Waals surface area contributed by atoms with E-state index in [-0.39, 0.29) is 17.4 Å². The van der Waals surface area contributed by atoms with Gasteiger partial charge in [0.15, 0.2) is 0 Å². The van der Waals surface area contributed by atoms with Gasteiger partial charge in [-0.1, -0.05) is 18.2 Å². The number of para-hydroxylation sites is 1. The van der Waals surface area contributed by atoms with Crippen molar-refractivity contribution in [3.05, 3.63) is 64.7 Å². The first-order chi connectivity index (χ1) is 14.2. The Labute approximate surface area is 169 Å². The highest BCUT2D eigenvalue weighted by atomic mass is 16.5. The first kappa shape index (κ1) is 17.7. The number of amides is 1. The van der Waals surface area contributed by atoms with Gasteiger partial charge in [-0.15, -0.1) is 5.10 Å². The van der Waals surface area contributed by atoms with Gasteiger partial charge in [-0.3, -0.25) is 9.59 Å². The molecular weight excluding hydrogens is 366 g/mol. The fourth-order valence-electron chi connectivity index (χ4n) is 4.48. The molecule has 0 aromatic heterocycles. The number of ether oxygens (including phenoxy) is 1. The molecule has 146 valence electrons. The van der Waals surface area contributed by atoms with E-state index in [4.69, 9.17) is 4.74 Å². The van der Waals surface area contributed by atoms with Crippen LogP contribution in [0.1, 0.15) is 29.5 Å². The highest BCUT2D eigenvalue weighted by Crippen LogP contribution is 2.37. The third-order valence-corrected chi connectivity index (χ3v) is 5.67. The van der Waals surface area contributed by atoms with Gasteiger partial charge in [0, 0.05) is 18.8 Å². The van der Waals surface area contributed by atoms with Gasteiger partial charge in [-0.2, -0.15) is 5.01 Å². The molecule has 0 saturated heterocycles. The van der Waals surface area contributed by atoms with Gasteiger partial charge < -0.3 is 9.64 Å². The summed E-state index contributed by atoms with van der Waals surface area (Å²) in [4.78, 5) is 26.5. The Hall–Kier alpha value is -3.41. The molecule has 2 aromatic rings. The standard InChI is InChI=1S/C23H21N3O3/c27-15-29-22-20(23(28)26(24-22)19-8-2-1-3-9-19)14-16-12-17-6-4-10-25-11-5-7-18(13-16)21(17)25/h1-3,8-9,12-15H,4-7,10-11H2/b20-14-. The van der Waals surface area contributed by atoms with Crippen molar-refractivity contribution >= 4 is 35.7 Å². The first-order valence-electron chi connectivity index (χ1n) is 9.96. The molecule has 1 amide bonds. The molecule has 0 N–H and O–H groups in total. The fourth-order valence-corrected chi connectivity index (χ4v) is 4.48. The van der Waals surface area contributed by atoms with E-state index in [9.17, 15) is 9.59 Å². The van der Waals surface area contributed by atoms with E-state index in [0.717, 1.165) is 44.3 Å². The molecular formula is C23H21N3O3. The monoisotopic (exact) mass is 387 g/mol. The quantitative estimate of drug-likeness (QED) is 0.599. The lowest BCUT2D eigenvalue weighted by Crippen LogP contribution is -2.34. The maximum absolute atomic E-state index is 13.0. The molecule has 3 heterocycles. The zero-order chi connectivity index (χ0) is 19.8. The van der Waals surface area contributed by atoms with Crippen molar-refractivity contribution in [1.29, 1.82) is 0 Å². The molecule has 2 aromatic carbocycles. The van der Waals surface area contributed by atoms with Gasteiger partial charge in [0.05, 0.1) is 5.69 Å². The molecule has 6 heteroatoms. The van der Waals surface area contributed by atoms with Crippen molar-refractivity contribution in [2.75, 3.05) is 23.0 Å². The number of carbonyl (C=O) groups is 2. The van der Waals surface area contributed by atoms with Crippen LogP contribution < -0.4 is 9.91 Å². The van der Waals surface area contributed by atoms with Gasteiger partial charge in [0.1, 0.15) is 5.57 Å². The highest BCUT2D eigenvalue weighted by Gasteiger charge is 2.33. The predicted octanol–water partition coefficient (Wildman–Crippen LogP) is 3.30. The van der Waals surface area contributed by atoms with Crippen LogP contribution in [0.5, 0.6) is 0 Å². The van der Waals surface area contributed by atoms with E-state index >= 15 is 0 Å². The van der Waals surface area contributed by atoms with E-state index in [0.29, 0.717) is 12.2 Å². The number of nitrogens with zero attached hydrogens (tertiary/aromatic N) is 3. The molecule has 0 fully saturated rings. The normalized spacial score (nSPS) is 19.2. The smallest absolute Gasteiger partial charge is 0.299 e. The molecule has 0 radical (unpaired) electrons. The first-order valence-corrected chi connectivity index (χ1v) is 9.96. The second-order valence-electron chi connectivity index (χ2n) is 7.51. The van der Waals surface area contributed by atoms with Crippen LogP contribution in [0.3, 0.4) is 0 Å². The molecule has 0 unspecified atom stereocenters. The van der Waals surface area contributed by atoms with E-state index in [1.807, 2.05) is 18.2 Å². The van der Waals surface area contributed by atoms with Crippen molar-refractivity contribution in [1.82, 2.24) is 0 Å². The van der Waals surface area contributed by atoms with Crippen LogP contribution in [-0.4, -0.2) is 31.4 Å². The number of hydrogen-bond donors (Lipinski definition) is 0. The summed E-state index contributed by atoms with van der Waals surface area (Å²) >= 11 is 0. The maximum atomic E-state index is 13.0. The largest absolute Gasteiger partial charge is 0.407 e. The third-order valence-electron chi connectivity index (χ3n) is 5.67. The number of aryl methyl sites for hydroxylation is 2. The van der Waals surface area contributed by atoms with Crippen LogP contribution in [0, 0.1) is 0 Å². The summed E-state index contributed by atoms with van der Waals surface area (Å²) in [5.74, 6) is -0.275. The minimum atomic E-state index is -0.305. The zero-order valence-electron chi connectivity index (χ0n) is 16.0. The van der Waals surface area contributed by atoms with Gasteiger partial charge in [-0.05, 0) is 72.7 Å². The minimum Gasteiger partial charge on any atom is -0.407 e. The topological polar surface area (TPSA) is 62.2 Å². The summed E-state index contributed by atoms with van der Waals surface area (Å²) in [7, 11) is 0. The van der Waals surface area contributed by atoms with Crippen LogP contribution in [0.25, 0.3) is 6.08 Å². The number of benzene rings is 2. The number of hydrogen-bond acceptors (Lipinski definition) is 5. The number of rotatable bonds is 3. The lowest BCUT2D eigenvalue weighted by molar-refractivity contribution is -0.121. The summed E-state index contributed by atoms with van der Waals surface area (Å²) < 4.78 is 5.04. The lowest BCUT2D eigenvalue weighted by Gasteiger charge is -2.37. The Morgan fingerprint density at radius 1 is 1.00 bits per heavy atom. The summed E-state index contributed by atoms with van der Waals surface area (Å²) in [5, 5.41) is 5.50. The molecule has 0 spiro atoms. The summed E-state index contributed by atoms with van der Waals surface area (Å²) in [6.45, 7) is 2.55. The van der Waals surface area contributed by atoms with Crippen molar-refractivity contribution in [3.63, 3.8) is 0 Å². The Kier molecular flexibility index (Phi) is 4.39. The Bertz CT molecular complexity index is 1010. The lowest BCUT2D eigenvalue weighted by atomic mass is 9.89. The average Bonchev–Trinajstić information content (AvgIpc) is 3.05. The Morgan fingerprint density at radius 3 is 2.34 bits per heavy atom. The third kappa shape index (κ3) is 3.10. The predicted molar refractivity (Wildman–Crippen MR) is 112 cm³/mol. The molecule has 6 nitrogen and oxygen atoms in total. The number of anilines is 2. The zero-order valence-corrected chi connectivity index (χ0v) is 16.0. The van der Waals surface area contributed by atoms with Crippen LogP contribution in [0.15, 0.2) is 53.1 Å². The Morgan fingerprint density at radius 2 is 1.69 bits per heavy atom. The Balaban J connectivity index is 1.55. The van der Waals surface area contributed by atoms with Crippen molar-refractivity contribution in [3.8, 4) is 0 Å². The van der Waals surface area contributed by atoms with Gasteiger partial charge in [0.25, 0.3) is 18.3 Å². The van der Waals surface area contributed by atoms with Crippen molar-refractivity contribution < 1.29 is 14.3 Å². The summed E-state index contributed by atoms with van der Waals surface area (Å²) in [5.41, 5.74) is 5.91. The second-order valence-corrected chi connectivity index (χ2v) is 7.51. The van der Waals surface area contributed by atoms with E-state index < -0.39 is 0 Å². The summed E-state index contributed by atoms with van der Waals surface area (Å²) in [6, 6.07) is 13.4. The fraction of sp³-hybridized carbons (Fsp3) is 0.261. The molecule has 0 atom stereocenters. The van der Waals surface area contributed by atoms with Crippen molar-refractivity contribution in [2.24, 2.45) is 5.10 Å². The molecule has 3 aliphatic heterocycles. The molecule has 5 rings (SSSR count). The van der Waals surface area contributed by atoms with Crippen molar-refractivity contribution in [2.45, 2.75) is 25.7 Å². The highest BCUT2D eigenvalue weighted by molar-refractivity contribution is 6.31. The summed E-state index contributed by atoms with van der Waals surface area (Å²) in [6.07, 6.45) is 6.18. The SMILES string of the molecule is O=COC1=NN(c2ccccc2)C(=O)/C1=C\c1cc2c3c(c1)CCCN3CCC2. The second kappa shape index (κ2) is 7.20.